The summed E-state index contributed by atoms with van der Waals surface area (Å²) in [6, 6.07) is 11.9. The summed E-state index contributed by atoms with van der Waals surface area (Å²) < 4.78 is 0. The molecule has 3 aliphatic heterocycles. The van der Waals surface area contributed by atoms with Crippen molar-refractivity contribution >= 4 is 45.9 Å². The van der Waals surface area contributed by atoms with Gasteiger partial charge in [-0.3, -0.25) is 34.4 Å². The molecule has 4 amide bonds. The molecule has 1 aromatic heterocycles. The maximum Gasteiger partial charge on any atom is 0.259 e. The van der Waals surface area contributed by atoms with E-state index in [1.165, 1.54) is 4.90 Å². The molecule has 3 aromatic rings. The topological polar surface area (TPSA) is 108 Å². The largest absolute Gasteiger partial charge is 0.325 e. The van der Waals surface area contributed by atoms with Crippen LogP contribution in [0.3, 0.4) is 0 Å². The van der Waals surface area contributed by atoms with Crippen LogP contribution in [0.25, 0.3) is 10.9 Å². The summed E-state index contributed by atoms with van der Waals surface area (Å²) in [5.41, 5.74) is 3.92. The van der Waals surface area contributed by atoms with Crippen LogP contribution in [0.1, 0.15) is 40.2 Å². The number of hydrogen-bond acceptors (Lipinski definition) is 5. The van der Waals surface area contributed by atoms with Crippen LogP contribution in [0.15, 0.2) is 48.7 Å². The maximum absolute atomic E-state index is 13.3. The lowest BCUT2D eigenvalue weighted by Crippen LogP contribution is -2.53. The molecule has 2 atom stereocenters. The van der Waals surface area contributed by atoms with Crippen LogP contribution >= 0.6 is 0 Å². The average molecular weight is 412 g/mol. The Labute approximate surface area is 176 Å². The lowest BCUT2D eigenvalue weighted by molar-refractivity contribution is -0.134. The van der Waals surface area contributed by atoms with Gasteiger partial charge in [-0.05, 0) is 35.7 Å². The van der Waals surface area contributed by atoms with Gasteiger partial charge in [-0.15, -0.1) is 0 Å². The molecule has 0 radical (unpaired) electrons. The molecule has 8 nitrogen and oxygen atoms in total. The van der Waals surface area contributed by atoms with Crippen LogP contribution in [0.5, 0.6) is 0 Å². The fourth-order valence-corrected chi connectivity index (χ4v) is 4.88. The van der Waals surface area contributed by atoms with Gasteiger partial charge in [0.25, 0.3) is 5.91 Å². The zero-order valence-corrected chi connectivity index (χ0v) is 16.2. The van der Waals surface area contributed by atoms with Gasteiger partial charge < -0.3 is 5.32 Å². The first-order chi connectivity index (χ1) is 15.0. The lowest BCUT2D eigenvalue weighted by atomic mass is 9.89. The Hall–Kier alpha value is -4.07. The third kappa shape index (κ3) is 2.38. The number of rotatable bonds is 2. The highest BCUT2D eigenvalue weighted by Crippen LogP contribution is 2.44. The Morgan fingerprint density at radius 3 is 2.58 bits per heavy atom. The summed E-state index contributed by atoms with van der Waals surface area (Å²) in [4.78, 5) is 56.1. The number of pyridine rings is 1. The quantitative estimate of drug-likeness (QED) is 0.627. The van der Waals surface area contributed by atoms with E-state index in [1.54, 1.807) is 24.4 Å². The van der Waals surface area contributed by atoms with Crippen LogP contribution in [-0.2, 0) is 14.4 Å². The third-order valence-electron chi connectivity index (χ3n) is 6.23. The Kier molecular flexibility index (Phi) is 3.56. The molecule has 152 valence electrons. The van der Waals surface area contributed by atoms with Crippen molar-refractivity contribution in [3.8, 4) is 0 Å². The molecule has 8 heteroatoms. The van der Waals surface area contributed by atoms with Crippen molar-refractivity contribution in [2.24, 2.45) is 0 Å². The number of amides is 4. The number of aromatic nitrogens is 1. The fourth-order valence-electron chi connectivity index (χ4n) is 4.88. The Balaban J connectivity index is 1.52. The average Bonchev–Trinajstić information content (AvgIpc) is 3.24. The van der Waals surface area contributed by atoms with Crippen LogP contribution < -0.4 is 15.5 Å². The van der Waals surface area contributed by atoms with Gasteiger partial charge in [-0.1, -0.05) is 24.3 Å². The first-order valence-electron chi connectivity index (χ1n) is 10.0. The molecule has 1 saturated heterocycles. The van der Waals surface area contributed by atoms with E-state index in [2.05, 4.69) is 15.6 Å². The number of anilines is 2. The van der Waals surface area contributed by atoms with E-state index in [9.17, 15) is 19.2 Å². The number of carbonyl (C=O) groups excluding carboxylic acids is 4. The zero-order chi connectivity index (χ0) is 21.3. The first-order valence-corrected chi connectivity index (χ1v) is 10.0. The molecule has 0 spiro atoms. The molecule has 0 saturated carbocycles. The number of carbonyl (C=O) groups is 4. The Morgan fingerprint density at radius 2 is 1.74 bits per heavy atom. The molecule has 2 N–H and O–H groups in total. The summed E-state index contributed by atoms with van der Waals surface area (Å²) in [7, 11) is 0. The van der Waals surface area contributed by atoms with E-state index in [0.29, 0.717) is 27.7 Å². The minimum absolute atomic E-state index is 0.143. The summed E-state index contributed by atoms with van der Waals surface area (Å²) in [5, 5.41) is 5.86. The van der Waals surface area contributed by atoms with Gasteiger partial charge in [0.15, 0.2) is 0 Å². The maximum atomic E-state index is 13.3. The second-order valence-electron chi connectivity index (χ2n) is 7.91. The number of nitrogens with one attached hydrogen (secondary N) is 2. The van der Waals surface area contributed by atoms with E-state index >= 15 is 0 Å². The molecule has 0 bridgehead atoms. The second-order valence-corrected chi connectivity index (χ2v) is 7.91. The number of benzene rings is 2. The van der Waals surface area contributed by atoms with E-state index in [-0.39, 0.29) is 30.6 Å². The smallest absolute Gasteiger partial charge is 0.259 e. The predicted molar refractivity (Wildman–Crippen MR) is 112 cm³/mol. The molecule has 6 rings (SSSR count). The van der Waals surface area contributed by atoms with Gasteiger partial charge in [-0.25, -0.2) is 0 Å². The molecule has 3 aliphatic rings. The highest BCUT2D eigenvalue weighted by molar-refractivity contribution is 6.27. The molecule has 1 unspecified atom stereocenters. The van der Waals surface area contributed by atoms with Gasteiger partial charge in [0, 0.05) is 23.7 Å². The van der Waals surface area contributed by atoms with Crippen molar-refractivity contribution in [3.05, 3.63) is 65.4 Å². The number of piperidine rings is 1. The summed E-state index contributed by atoms with van der Waals surface area (Å²) in [6.45, 7) is 0. The van der Waals surface area contributed by atoms with Crippen molar-refractivity contribution in [2.45, 2.75) is 24.8 Å². The van der Waals surface area contributed by atoms with Gasteiger partial charge >= 0.3 is 0 Å². The van der Waals surface area contributed by atoms with Crippen molar-refractivity contribution in [1.82, 2.24) is 10.3 Å². The van der Waals surface area contributed by atoms with Gasteiger partial charge in [0.2, 0.25) is 17.7 Å². The van der Waals surface area contributed by atoms with E-state index in [0.717, 1.165) is 11.3 Å². The molecule has 1 fully saturated rings. The number of hydrogen-bond donors (Lipinski definition) is 2. The minimum atomic E-state index is -0.762. The SMILES string of the molecule is O=C1CCC(N2C(=O)c3ccc([C@H]4C(=O)Nc5ccccc54)c4nccc2c34)C(=O)N1. The van der Waals surface area contributed by atoms with Crippen LogP contribution in [0.2, 0.25) is 0 Å². The summed E-state index contributed by atoms with van der Waals surface area (Å²) >= 11 is 0. The second kappa shape index (κ2) is 6.21. The molecule has 31 heavy (non-hydrogen) atoms. The Bertz CT molecular complexity index is 1350. The predicted octanol–water partition coefficient (Wildman–Crippen LogP) is 2.08. The minimum Gasteiger partial charge on any atom is -0.325 e. The van der Waals surface area contributed by atoms with Crippen molar-refractivity contribution in [3.63, 3.8) is 0 Å². The third-order valence-corrected chi connectivity index (χ3v) is 6.23. The van der Waals surface area contributed by atoms with Crippen LogP contribution in [0.4, 0.5) is 11.4 Å². The summed E-state index contributed by atoms with van der Waals surface area (Å²) in [6.07, 6.45) is 2.02. The molecular formula is C23H16N4O4. The number of para-hydroxylation sites is 1. The zero-order valence-electron chi connectivity index (χ0n) is 16.2. The summed E-state index contributed by atoms with van der Waals surface area (Å²) in [5.74, 6) is -1.79. The molecule has 4 heterocycles. The standard InChI is InChI=1S/C23H16N4O4/c28-17-8-7-16(21(29)26-17)27-15-9-10-24-20-12(5-6-13(19(15)20)23(27)31)18-11-3-1-2-4-14(11)25-22(18)30/h1-6,9-10,16,18H,7-8H2,(H,25,30)(H,26,28,29)/t16?,18-/m0/s1. The highest BCUT2D eigenvalue weighted by atomic mass is 16.2. The van der Waals surface area contributed by atoms with E-state index < -0.39 is 17.9 Å². The van der Waals surface area contributed by atoms with Crippen LogP contribution in [0, 0.1) is 0 Å². The fraction of sp³-hybridized carbons (Fsp3) is 0.174. The molecule has 2 aromatic carbocycles. The van der Waals surface area contributed by atoms with E-state index in [4.69, 9.17) is 0 Å². The van der Waals surface area contributed by atoms with Gasteiger partial charge in [0.05, 0.1) is 22.7 Å². The van der Waals surface area contributed by atoms with Gasteiger partial charge in [-0.2, -0.15) is 0 Å². The van der Waals surface area contributed by atoms with E-state index in [1.807, 2.05) is 24.3 Å². The number of imide groups is 1. The monoisotopic (exact) mass is 412 g/mol. The first kappa shape index (κ1) is 17.8. The van der Waals surface area contributed by atoms with Gasteiger partial charge in [0.1, 0.15) is 6.04 Å². The number of nitrogens with zero attached hydrogens (tertiary/aromatic N) is 2. The number of fused-ring (bicyclic) bond motifs is 1. The normalized spacial score (nSPS) is 22.0. The highest BCUT2D eigenvalue weighted by Gasteiger charge is 2.42. The van der Waals surface area contributed by atoms with Crippen molar-refractivity contribution in [1.29, 1.82) is 0 Å². The van der Waals surface area contributed by atoms with Crippen molar-refractivity contribution < 1.29 is 19.2 Å². The molecule has 0 aliphatic carbocycles. The van der Waals surface area contributed by atoms with Crippen molar-refractivity contribution in [2.75, 3.05) is 10.2 Å². The lowest BCUT2D eigenvalue weighted by Gasteiger charge is -2.30. The molecular weight excluding hydrogens is 396 g/mol. The van der Waals surface area contributed by atoms with Crippen LogP contribution in [-0.4, -0.2) is 34.7 Å². The Morgan fingerprint density at radius 1 is 0.903 bits per heavy atom.